The van der Waals surface area contributed by atoms with Crippen LogP contribution in [0.25, 0.3) is 0 Å². The summed E-state index contributed by atoms with van der Waals surface area (Å²) in [6.45, 7) is 11.5. The molecule has 0 aromatic heterocycles. The Kier molecular flexibility index (Phi) is 10.2. The average molecular weight is 556 g/mol. The van der Waals surface area contributed by atoms with E-state index in [-0.39, 0.29) is 18.2 Å². The van der Waals surface area contributed by atoms with Gasteiger partial charge < -0.3 is 24.8 Å². The molecule has 0 unspecified atom stereocenters. The first-order valence-electron chi connectivity index (χ1n) is 13.8. The van der Waals surface area contributed by atoms with Crippen molar-refractivity contribution in [3.8, 4) is 5.75 Å². The van der Waals surface area contributed by atoms with Crippen LogP contribution >= 0.6 is 12.2 Å². The lowest BCUT2D eigenvalue weighted by Gasteiger charge is -2.34. The Morgan fingerprint density at radius 2 is 1.67 bits per heavy atom. The maximum absolute atomic E-state index is 13.6. The highest BCUT2D eigenvalue weighted by Crippen LogP contribution is 2.28. The normalized spacial score (nSPS) is 18.6. The smallest absolute Gasteiger partial charge is 0.256 e. The van der Waals surface area contributed by atoms with Crippen LogP contribution in [0.15, 0.2) is 48.5 Å². The molecule has 2 aromatic carbocycles. The van der Waals surface area contributed by atoms with Gasteiger partial charge in [0.25, 0.3) is 5.91 Å². The Morgan fingerprint density at radius 3 is 2.31 bits per heavy atom. The minimum atomic E-state index is -0.730. The van der Waals surface area contributed by atoms with E-state index in [1.165, 1.54) is 29.2 Å². The Morgan fingerprint density at radius 1 is 1.00 bits per heavy atom. The van der Waals surface area contributed by atoms with E-state index in [0.717, 1.165) is 57.9 Å². The third-order valence-corrected chi connectivity index (χ3v) is 7.60. The lowest BCUT2D eigenvalue weighted by molar-refractivity contribution is -0.124. The summed E-state index contributed by atoms with van der Waals surface area (Å²) in [5, 5.41) is 3.23. The van der Waals surface area contributed by atoms with Crippen molar-refractivity contribution in [2.75, 3.05) is 62.6 Å². The van der Waals surface area contributed by atoms with Crippen molar-refractivity contribution in [3.05, 3.63) is 54.3 Å². The SMILES string of the molecule is CCCOc1ccc(NC(=O)C[C@@H]2C(=O)N(c3ccc(F)cc3)C(=S)N2CCCN2CCN(CC)CC2)cc1. The third-order valence-electron chi connectivity index (χ3n) is 7.18. The van der Waals surface area contributed by atoms with Gasteiger partial charge in [-0.05, 0) is 86.7 Å². The van der Waals surface area contributed by atoms with Crippen LogP contribution in [-0.4, -0.2) is 90.1 Å². The molecule has 0 bridgehead atoms. The number of amides is 2. The molecule has 0 spiro atoms. The Labute approximate surface area is 235 Å². The minimum absolute atomic E-state index is 0.0417. The van der Waals surface area contributed by atoms with Crippen LogP contribution in [0.4, 0.5) is 15.8 Å². The van der Waals surface area contributed by atoms with Gasteiger partial charge in [-0.2, -0.15) is 0 Å². The molecule has 210 valence electrons. The zero-order valence-corrected chi connectivity index (χ0v) is 23.6. The molecule has 0 radical (unpaired) electrons. The standard InChI is InChI=1S/C29H38FN5O3S/c1-3-20-38-25-12-8-23(9-13-25)31-27(36)21-26-28(37)35(24-10-6-22(30)7-11-24)29(39)34(26)15-5-14-33-18-16-32(4-2)17-19-33/h6-13,26H,3-5,14-21H2,1-2H3,(H,31,36)/t26-/m1/s1. The van der Waals surface area contributed by atoms with Gasteiger partial charge in [0.1, 0.15) is 17.6 Å². The minimum Gasteiger partial charge on any atom is -0.494 e. The molecule has 2 aliphatic heterocycles. The number of hydrogen-bond acceptors (Lipinski definition) is 6. The molecule has 1 atom stereocenters. The van der Waals surface area contributed by atoms with E-state index in [2.05, 4.69) is 22.0 Å². The number of thiocarbonyl (C=S) groups is 1. The van der Waals surface area contributed by atoms with E-state index in [4.69, 9.17) is 17.0 Å². The molecule has 2 heterocycles. The molecular weight excluding hydrogens is 517 g/mol. The van der Waals surface area contributed by atoms with Crippen LogP contribution in [0.3, 0.4) is 0 Å². The van der Waals surface area contributed by atoms with E-state index < -0.39 is 11.9 Å². The summed E-state index contributed by atoms with van der Waals surface area (Å²) >= 11 is 5.73. The molecule has 39 heavy (non-hydrogen) atoms. The zero-order chi connectivity index (χ0) is 27.8. The van der Waals surface area contributed by atoms with Crippen LogP contribution in [0, 0.1) is 5.82 Å². The summed E-state index contributed by atoms with van der Waals surface area (Å²) in [6, 6.07) is 12.1. The number of hydrogen-bond donors (Lipinski definition) is 1. The molecule has 1 N–H and O–H groups in total. The van der Waals surface area contributed by atoms with Crippen LogP contribution in [0.2, 0.25) is 0 Å². The highest BCUT2D eigenvalue weighted by Gasteiger charge is 2.43. The summed E-state index contributed by atoms with van der Waals surface area (Å²) in [6.07, 6.45) is 1.69. The summed E-state index contributed by atoms with van der Waals surface area (Å²) in [7, 11) is 0. The van der Waals surface area contributed by atoms with E-state index >= 15 is 0 Å². The summed E-state index contributed by atoms with van der Waals surface area (Å²) in [5.74, 6) is -0.205. The number of rotatable bonds is 12. The van der Waals surface area contributed by atoms with E-state index in [0.29, 0.717) is 29.6 Å². The number of piperazine rings is 1. The fraction of sp³-hybridized carbons (Fsp3) is 0.483. The first-order valence-corrected chi connectivity index (χ1v) is 14.2. The largest absolute Gasteiger partial charge is 0.494 e. The third kappa shape index (κ3) is 7.52. The van der Waals surface area contributed by atoms with Crippen LogP contribution < -0.4 is 15.0 Å². The van der Waals surface area contributed by atoms with Crippen molar-refractivity contribution < 1.29 is 18.7 Å². The molecule has 4 rings (SSSR count). The lowest BCUT2D eigenvalue weighted by Crippen LogP contribution is -2.47. The second kappa shape index (κ2) is 13.8. The second-order valence-electron chi connectivity index (χ2n) is 9.90. The van der Waals surface area contributed by atoms with Crippen LogP contribution in [0.1, 0.15) is 33.1 Å². The molecule has 2 saturated heterocycles. The van der Waals surface area contributed by atoms with E-state index in [9.17, 15) is 14.0 Å². The number of nitrogens with one attached hydrogen (secondary N) is 1. The van der Waals surface area contributed by atoms with Crippen molar-refractivity contribution >= 4 is 40.5 Å². The van der Waals surface area contributed by atoms with Crippen LogP contribution in [-0.2, 0) is 9.59 Å². The number of anilines is 2. The first-order chi connectivity index (χ1) is 18.9. The Bertz CT molecular complexity index is 1120. The molecular formula is C29H38FN5O3S. The second-order valence-corrected chi connectivity index (χ2v) is 10.3. The highest BCUT2D eigenvalue weighted by atomic mass is 32.1. The van der Waals surface area contributed by atoms with Gasteiger partial charge >= 0.3 is 0 Å². The van der Waals surface area contributed by atoms with Crippen molar-refractivity contribution in [1.82, 2.24) is 14.7 Å². The van der Waals surface area contributed by atoms with Gasteiger partial charge in [-0.15, -0.1) is 0 Å². The Hall–Kier alpha value is -3.08. The molecule has 2 aliphatic rings. The molecule has 0 saturated carbocycles. The van der Waals surface area contributed by atoms with E-state index in [1.54, 1.807) is 12.1 Å². The molecule has 2 amide bonds. The van der Waals surface area contributed by atoms with Crippen LogP contribution in [0.5, 0.6) is 5.75 Å². The number of carbonyl (C=O) groups excluding carboxylic acids is 2. The van der Waals surface area contributed by atoms with Gasteiger partial charge in [-0.1, -0.05) is 13.8 Å². The molecule has 8 nitrogen and oxygen atoms in total. The van der Waals surface area contributed by atoms with Gasteiger partial charge in [0.15, 0.2) is 5.11 Å². The lowest BCUT2D eigenvalue weighted by atomic mass is 10.1. The number of carbonyl (C=O) groups is 2. The van der Waals surface area contributed by atoms with Crippen molar-refractivity contribution in [2.45, 2.75) is 39.2 Å². The Balaban J connectivity index is 1.42. The molecule has 2 fully saturated rings. The zero-order valence-electron chi connectivity index (χ0n) is 22.8. The predicted molar refractivity (Wildman–Crippen MR) is 156 cm³/mol. The van der Waals surface area contributed by atoms with Crippen molar-refractivity contribution in [3.63, 3.8) is 0 Å². The molecule has 0 aliphatic carbocycles. The quantitative estimate of drug-likeness (QED) is 0.398. The molecule has 2 aromatic rings. The van der Waals surface area contributed by atoms with Gasteiger partial charge in [0, 0.05) is 38.4 Å². The van der Waals surface area contributed by atoms with Crippen molar-refractivity contribution in [1.29, 1.82) is 0 Å². The maximum atomic E-state index is 13.6. The number of halogens is 1. The van der Waals surface area contributed by atoms with Gasteiger partial charge in [0.2, 0.25) is 5.91 Å². The summed E-state index contributed by atoms with van der Waals surface area (Å²) in [5.41, 5.74) is 1.13. The maximum Gasteiger partial charge on any atom is 0.256 e. The topological polar surface area (TPSA) is 68.4 Å². The number of ether oxygens (including phenoxy) is 1. The first kappa shape index (κ1) is 28.9. The fourth-order valence-corrected chi connectivity index (χ4v) is 5.36. The van der Waals surface area contributed by atoms with Crippen molar-refractivity contribution in [2.24, 2.45) is 0 Å². The summed E-state index contributed by atoms with van der Waals surface area (Å²) < 4.78 is 19.2. The van der Waals surface area contributed by atoms with Gasteiger partial charge in [-0.25, -0.2) is 4.39 Å². The number of nitrogens with zero attached hydrogens (tertiary/aromatic N) is 4. The molecule has 10 heteroatoms. The average Bonchev–Trinajstić information content (AvgIpc) is 3.17. The number of likely N-dealkylation sites (N-methyl/N-ethyl adjacent to an activating group) is 1. The fourth-order valence-electron chi connectivity index (χ4n) is 4.95. The number of benzene rings is 2. The van der Waals surface area contributed by atoms with Gasteiger partial charge in [-0.3, -0.25) is 14.5 Å². The summed E-state index contributed by atoms with van der Waals surface area (Å²) in [4.78, 5) is 34.8. The van der Waals surface area contributed by atoms with Gasteiger partial charge in [0.05, 0.1) is 18.7 Å². The van der Waals surface area contributed by atoms with E-state index in [1.807, 2.05) is 24.0 Å². The predicted octanol–water partition coefficient (Wildman–Crippen LogP) is 3.97. The monoisotopic (exact) mass is 555 g/mol. The highest BCUT2D eigenvalue weighted by molar-refractivity contribution is 7.80.